The van der Waals surface area contributed by atoms with Crippen LogP contribution in [-0.4, -0.2) is 37.3 Å². The maximum atomic E-state index is 11.8. The van der Waals surface area contributed by atoms with E-state index in [-0.39, 0.29) is 17.6 Å². The highest BCUT2D eigenvalue weighted by molar-refractivity contribution is 6.88. The Kier molecular flexibility index (Phi) is 7.49. The van der Waals surface area contributed by atoms with Gasteiger partial charge in [-0.3, -0.25) is 0 Å². The first-order chi connectivity index (χ1) is 9.57. The van der Waals surface area contributed by atoms with Crippen LogP contribution in [0.3, 0.4) is 0 Å². The summed E-state index contributed by atoms with van der Waals surface area (Å²) in [6.07, 6.45) is -0.256. The van der Waals surface area contributed by atoms with Crippen molar-refractivity contribution in [3.8, 4) is 0 Å². The fourth-order valence-electron chi connectivity index (χ4n) is 2.22. The van der Waals surface area contributed by atoms with Crippen LogP contribution in [0.15, 0.2) is 12.2 Å². The zero-order chi connectivity index (χ0) is 17.9. The molecule has 2 atom stereocenters. The molecule has 0 amide bonds. The maximum Gasteiger partial charge on any atom is 0.333 e. The second kappa shape index (κ2) is 7.57. The Morgan fingerprint density at radius 3 is 1.55 bits per heavy atom. The van der Waals surface area contributed by atoms with E-state index in [4.69, 9.17) is 13.0 Å². The van der Waals surface area contributed by atoms with Gasteiger partial charge >= 0.3 is 14.5 Å². The van der Waals surface area contributed by atoms with Crippen LogP contribution in [0.25, 0.3) is 0 Å². The summed E-state index contributed by atoms with van der Waals surface area (Å²) in [6.45, 7) is 24.4. The summed E-state index contributed by atoms with van der Waals surface area (Å²) in [4.78, 5) is 11.8. The molecule has 2 unspecified atom stereocenters. The minimum atomic E-state index is -2.47. The molecule has 0 fully saturated rings. The third-order valence-corrected chi connectivity index (χ3v) is 13.5. The normalized spacial score (nSPS) is 16.1. The molecule has 0 aromatic rings. The number of esters is 1. The van der Waals surface area contributed by atoms with E-state index in [1.54, 1.807) is 6.92 Å². The van der Waals surface area contributed by atoms with E-state index in [2.05, 4.69) is 59.3 Å². The van der Waals surface area contributed by atoms with Crippen molar-refractivity contribution in [1.82, 2.24) is 0 Å². The molecule has 0 spiro atoms. The van der Waals surface area contributed by atoms with Gasteiger partial charge in [0.2, 0.25) is 0 Å². The van der Waals surface area contributed by atoms with Gasteiger partial charge in [0.25, 0.3) is 0 Å². The summed E-state index contributed by atoms with van der Waals surface area (Å²) in [6, 6.07) is 0. The van der Waals surface area contributed by atoms with Gasteiger partial charge < -0.3 is 13.0 Å². The van der Waals surface area contributed by atoms with Crippen molar-refractivity contribution in [2.45, 2.75) is 78.2 Å². The third-order valence-electron chi connectivity index (χ3n) is 3.19. The molecule has 4 nitrogen and oxygen atoms in total. The Bertz CT molecular complexity index is 394. The smallest absolute Gasteiger partial charge is 0.333 e. The lowest BCUT2D eigenvalue weighted by Gasteiger charge is -2.43. The van der Waals surface area contributed by atoms with Gasteiger partial charge in [-0.1, -0.05) is 13.5 Å². The van der Waals surface area contributed by atoms with Crippen LogP contribution >= 0.6 is 0 Å². The van der Waals surface area contributed by atoms with Crippen molar-refractivity contribution in [3.05, 3.63) is 12.2 Å². The van der Waals surface area contributed by atoms with E-state index < -0.39 is 25.2 Å². The monoisotopic (exact) mass is 362 g/mol. The number of hydrogen-bond donors (Lipinski definition) is 0. The molecule has 0 aliphatic heterocycles. The average Bonchev–Trinajstić information content (AvgIpc) is 2.21. The predicted octanol–water partition coefficient (Wildman–Crippen LogP) is 4.66. The minimum Gasteiger partial charge on any atom is -0.459 e. The van der Waals surface area contributed by atoms with Crippen LogP contribution in [0.5, 0.6) is 0 Å². The van der Waals surface area contributed by atoms with Gasteiger partial charge in [0, 0.05) is 11.1 Å². The van der Waals surface area contributed by atoms with Crippen molar-refractivity contribution < 1.29 is 17.8 Å². The summed E-state index contributed by atoms with van der Waals surface area (Å²) >= 11 is 0. The van der Waals surface area contributed by atoms with Crippen molar-refractivity contribution in [1.29, 1.82) is 0 Å². The van der Waals surface area contributed by atoms with Gasteiger partial charge in [-0.25, -0.2) is 4.79 Å². The largest absolute Gasteiger partial charge is 0.459 e. The summed E-state index contributed by atoms with van der Waals surface area (Å²) in [5.41, 5.74) is 0.467. The fraction of sp³-hybridized carbons (Fsp3) is 0.800. The zero-order valence-corrected chi connectivity index (χ0v) is 19.0. The predicted molar refractivity (Wildman–Crippen MR) is 100 cm³/mol. The van der Waals surface area contributed by atoms with Gasteiger partial charge in [-0.15, -0.1) is 0 Å². The number of rotatable bonds is 8. The van der Waals surface area contributed by atoms with Crippen molar-refractivity contribution in [2.24, 2.45) is 0 Å². The molecule has 0 aromatic carbocycles. The van der Waals surface area contributed by atoms with Crippen molar-refractivity contribution in [3.63, 3.8) is 0 Å². The number of carbonyl (C=O) groups is 1. The highest BCUT2D eigenvalue weighted by atomic mass is 28.5. The summed E-state index contributed by atoms with van der Waals surface area (Å²) in [5, 5.41) is 0. The molecule has 22 heavy (non-hydrogen) atoms. The summed E-state index contributed by atoms with van der Waals surface area (Å²) in [7, 11) is -6.00. The second-order valence-corrected chi connectivity index (χ2v) is 21.1. The molecule has 0 heterocycles. The van der Waals surface area contributed by atoms with Crippen LogP contribution in [-0.2, 0) is 17.8 Å². The molecule has 0 aromatic heterocycles. The standard InChI is InChI=1S/C15H34O4Si3/c1-12(2)15(16)17-13(3)14(4)22(11,18-20(5,6)7)19-21(8,9)10/h13-14H,1H2,2-11H3. The first-order valence-electron chi connectivity index (χ1n) is 7.84. The molecule has 130 valence electrons. The highest BCUT2D eigenvalue weighted by Crippen LogP contribution is 2.34. The van der Waals surface area contributed by atoms with E-state index in [0.717, 1.165) is 0 Å². The maximum absolute atomic E-state index is 11.8. The van der Waals surface area contributed by atoms with Gasteiger partial charge in [-0.05, 0) is 59.7 Å². The van der Waals surface area contributed by atoms with Crippen molar-refractivity contribution >= 4 is 31.2 Å². The molecule has 0 aliphatic carbocycles. The Morgan fingerprint density at radius 2 is 1.27 bits per heavy atom. The second-order valence-electron chi connectivity index (χ2n) is 8.12. The van der Waals surface area contributed by atoms with E-state index in [9.17, 15) is 4.79 Å². The minimum absolute atomic E-state index is 0.0502. The Labute approximate surface area is 139 Å². The van der Waals surface area contributed by atoms with E-state index >= 15 is 0 Å². The molecular formula is C15H34O4Si3. The Morgan fingerprint density at radius 1 is 0.909 bits per heavy atom. The lowest BCUT2D eigenvalue weighted by molar-refractivity contribution is -0.143. The van der Waals surface area contributed by atoms with Crippen LogP contribution in [0.2, 0.25) is 51.4 Å². The zero-order valence-electron chi connectivity index (χ0n) is 16.0. The molecule has 0 aliphatic rings. The number of carbonyl (C=O) groups excluding carboxylic acids is 1. The van der Waals surface area contributed by atoms with E-state index in [1.165, 1.54) is 0 Å². The van der Waals surface area contributed by atoms with Gasteiger partial charge in [0.05, 0.1) is 0 Å². The number of ether oxygens (including phenoxy) is 1. The molecular weight excluding hydrogens is 328 g/mol. The average molecular weight is 363 g/mol. The van der Waals surface area contributed by atoms with Gasteiger partial charge in [-0.2, -0.15) is 0 Å². The number of hydrogen-bond acceptors (Lipinski definition) is 4. The van der Waals surface area contributed by atoms with E-state index in [1.807, 2.05) is 6.92 Å². The molecule has 7 heteroatoms. The highest BCUT2D eigenvalue weighted by Gasteiger charge is 2.47. The van der Waals surface area contributed by atoms with Crippen molar-refractivity contribution in [2.75, 3.05) is 0 Å². The Hall–Kier alpha value is -0.219. The first-order valence-corrected chi connectivity index (χ1v) is 17.1. The molecule has 0 N–H and O–H groups in total. The summed E-state index contributed by atoms with van der Waals surface area (Å²) < 4.78 is 18.5. The molecule has 0 saturated heterocycles. The van der Waals surface area contributed by atoms with Crippen LogP contribution in [0, 0.1) is 0 Å². The SMILES string of the molecule is C=C(C)C(=O)OC(C)C(C)[Si](C)(O[Si](C)(C)C)O[Si](C)(C)C. The molecule has 0 bridgehead atoms. The third kappa shape index (κ3) is 7.87. The molecule has 0 saturated carbocycles. The first kappa shape index (κ1) is 21.8. The van der Waals surface area contributed by atoms with Crippen LogP contribution in [0.1, 0.15) is 20.8 Å². The molecule has 0 radical (unpaired) electrons. The lowest BCUT2D eigenvalue weighted by Crippen LogP contribution is -2.57. The Balaban J connectivity index is 5.31. The van der Waals surface area contributed by atoms with Gasteiger partial charge in [0.15, 0.2) is 16.6 Å². The quantitative estimate of drug-likeness (QED) is 0.358. The molecule has 0 rings (SSSR count). The summed E-state index contributed by atoms with van der Waals surface area (Å²) in [5.74, 6) is -0.350. The fourth-order valence-corrected chi connectivity index (χ4v) is 14.9. The lowest BCUT2D eigenvalue weighted by atomic mass is 10.3. The van der Waals surface area contributed by atoms with Crippen LogP contribution < -0.4 is 0 Å². The van der Waals surface area contributed by atoms with Crippen LogP contribution in [0.4, 0.5) is 0 Å². The van der Waals surface area contributed by atoms with Gasteiger partial charge in [0.1, 0.15) is 6.10 Å². The van der Waals surface area contributed by atoms with E-state index in [0.29, 0.717) is 5.57 Å². The topological polar surface area (TPSA) is 44.8 Å².